The van der Waals surface area contributed by atoms with Gasteiger partial charge in [0.05, 0.1) is 6.54 Å². The lowest BCUT2D eigenvalue weighted by Gasteiger charge is -2.34. The molecular formula is C18H19FN2O4. The predicted molar refractivity (Wildman–Crippen MR) is 86.1 cm³/mol. The summed E-state index contributed by atoms with van der Waals surface area (Å²) in [4.78, 5) is 51.0. The third kappa shape index (κ3) is 3.18. The number of ketones is 1. The molecule has 1 aromatic carbocycles. The minimum absolute atomic E-state index is 0.0533. The number of Topliss-reactive ketones (excluding diaryl/α,β-unsaturated/α-hetero) is 1. The lowest BCUT2D eigenvalue weighted by Crippen LogP contribution is -2.46. The van der Waals surface area contributed by atoms with E-state index in [4.69, 9.17) is 0 Å². The van der Waals surface area contributed by atoms with Crippen molar-refractivity contribution in [2.45, 2.75) is 38.6 Å². The largest absolute Gasteiger partial charge is 0.334 e. The third-order valence-corrected chi connectivity index (χ3v) is 4.93. The average Bonchev–Trinajstić information content (AvgIpc) is 2.79. The first kappa shape index (κ1) is 17.3. The van der Waals surface area contributed by atoms with Crippen molar-refractivity contribution in [1.82, 2.24) is 9.80 Å². The van der Waals surface area contributed by atoms with Gasteiger partial charge in [0.1, 0.15) is 5.82 Å². The van der Waals surface area contributed by atoms with Crippen LogP contribution in [-0.4, -0.2) is 46.0 Å². The van der Waals surface area contributed by atoms with Crippen molar-refractivity contribution in [1.29, 1.82) is 0 Å². The molecule has 1 saturated heterocycles. The van der Waals surface area contributed by atoms with Gasteiger partial charge < -0.3 is 0 Å². The molecule has 7 heteroatoms. The number of rotatable bonds is 4. The molecule has 0 aromatic heterocycles. The van der Waals surface area contributed by atoms with Crippen LogP contribution in [0.15, 0.2) is 24.3 Å². The van der Waals surface area contributed by atoms with Gasteiger partial charge in [-0.2, -0.15) is 0 Å². The van der Waals surface area contributed by atoms with Gasteiger partial charge in [-0.1, -0.05) is 31.9 Å². The molecule has 1 heterocycles. The van der Waals surface area contributed by atoms with Crippen LogP contribution >= 0.6 is 0 Å². The Morgan fingerprint density at radius 3 is 2.56 bits per heavy atom. The van der Waals surface area contributed by atoms with Gasteiger partial charge in [0.2, 0.25) is 0 Å². The fraction of sp³-hybridized carbons (Fsp3) is 0.444. The van der Waals surface area contributed by atoms with E-state index in [0.717, 1.165) is 30.2 Å². The second-order valence-electron chi connectivity index (χ2n) is 6.61. The van der Waals surface area contributed by atoms with Gasteiger partial charge in [0.15, 0.2) is 5.78 Å². The molecular weight excluding hydrogens is 327 g/mol. The summed E-state index contributed by atoms with van der Waals surface area (Å²) in [6.07, 6.45) is 3.47. The molecule has 3 rings (SSSR count). The molecule has 0 radical (unpaired) electrons. The summed E-state index contributed by atoms with van der Waals surface area (Å²) < 4.78 is 13.2. The molecule has 132 valence electrons. The highest BCUT2D eigenvalue weighted by atomic mass is 19.1. The molecule has 1 aromatic rings. The van der Waals surface area contributed by atoms with Crippen molar-refractivity contribution in [3.63, 3.8) is 0 Å². The number of hydrogen-bond acceptors (Lipinski definition) is 4. The van der Waals surface area contributed by atoms with Crippen LogP contribution in [0.3, 0.4) is 0 Å². The smallest absolute Gasteiger partial charge is 0.292 e. The molecule has 4 amide bonds. The lowest BCUT2D eigenvalue weighted by atomic mass is 9.85. The van der Waals surface area contributed by atoms with Crippen LogP contribution in [0.2, 0.25) is 0 Å². The number of hydrogen-bond donors (Lipinski definition) is 0. The third-order valence-electron chi connectivity index (χ3n) is 4.93. The molecule has 2 fully saturated rings. The molecule has 2 aliphatic rings. The molecule has 6 nitrogen and oxygen atoms in total. The van der Waals surface area contributed by atoms with Crippen LogP contribution in [0.4, 0.5) is 9.18 Å². The fourth-order valence-corrected chi connectivity index (χ4v) is 3.53. The predicted octanol–water partition coefficient (Wildman–Crippen LogP) is 2.38. The number of carbonyl (C=O) groups excluding carboxylic acids is 4. The van der Waals surface area contributed by atoms with E-state index < -0.39 is 36.0 Å². The number of amides is 4. The van der Waals surface area contributed by atoms with E-state index >= 15 is 0 Å². The Morgan fingerprint density at radius 2 is 1.88 bits per heavy atom. The number of urea groups is 1. The number of benzene rings is 1. The summed E-state index contributed by atoms with van der Waals surface area (Å²) in [7, 11) is 0. The molecule has 1 aliphatic carbocycles. The maximum Gasteiger partial charge on any atom is 0.334 e. The van der Waals surface area contributed by atoms with Crippen molar-refractivity contribution < 1.29 is 23.6 Å². The van der Waals surface area contributed by atoms with E-state index in [-0.39, 0.29) is 17.5 Å². The number of carbonyl (C=O) groups is 4. The van der Waals surface area contributed by atoms with Gasteiger partial charge in [-0.3, -0.25) is 19.3 Å². The Hall–Kier alpha value is -2.57. The van der Waals surface area contributed by atoms with Gasteiger partial charge in [-0.05, 0) is 30.9 Å². The van der Waals surface area contributed by atoms with Crippen molar-refractivity contribution in [2.24, 2.45) is 5.92 Å². The van der Waals surface area contributed by atoms with Gasteiger partial charge in [-0.25, -0.2) is 14.1 Å². The zero-order chi connectivity index (χ0) is 18.1. The van der Waals surface area contributed by atoms with E-state index in [1.807, 2.05) is 6.92 Å². The minimum atomic E-state index is -0.993. The zero-order valence-electron chi connectivity index (χ0n) is 13.9. The number of imide groups is 2. The van der Waals surface area contributed by atoms with Gasteiger partial charge in [0.25, 0.3) is 0 Å². The first-order valence-corrected chi connectivity index (χ1v) is 8.38. The quantitative estimate of drug-likeness (QED) is 0.477. The summed E-state index contributed by atoms with van der Waals surface area (Å²) in [5.41, 5.74) is 0.0533. The lowest BCUT2D eigenvalue weighted by molar-refractivity contribution is -0.144. The Labute approximate surface area is 144 Å². The molecule has 25 heavy (non-hydrogen) atoms. The van der Waals surface area contributed by atoms with E-state index in [1.165, 1.54) is 18.2 Å². The summed E-state index contributed by atoms with van der Waals surface area (Å²) in [6, 6.07) is 3.94. The van der Waals surface area contributed by atoms with Crippen molar-refractivity contribution in [2.75, 3.05) is 6.54 Å². The number of halogens is 1. The summed E-state index contributed by atoms with van der Waals surface area (Å²) in [5.74, 6) is -2.93. The highest BCUT2D eigenvalue weighted by Gasteiger charge is 2.49. The summed E-state index contributed by atoms with van der Waals surface area (Å²) in [6.45, 7) is 1.39. The maximum atomic E-state index is 13.2. The van der Waals surface area contributed by atoms with Crippen LogP contribution in [-0.2, 0) is 9.59 Å². The average molecular weight is 346 g/mol. The Kier molecular flexibility index (Phi) is 4.65. The van der Waals surface area contributed by atoms with Crippen LogP contribution in [0, 0.1) is 11.7 Å². The highest BCUT2D eigenvalue weighted by molar-refractivity contribution is 6.45. The highest BCUT2D eigenvalue weighted by Crippen LogP contribution is 2.31. The van der Waals surface area contributed by atoms with E-state index in [0.29, 0.717) is 11.3 Å². The maximum absolute atomic E-state index is 13.2. The van der Waals surface area contributed by atoms with Crippen molar-refractivity contribution in [3.8, 4) is 0 Å². The molecule has 0 N–H and O–H groups in total. The Balaban J connectivity index is 1.78. The standard InChI is InChI=1S/C18H19FN2O4/c1-11-5-2-3-8-14(11)21-17(24)16(23)20(18(21)25)10-15(22)12-6-4-7-13(19)9-12/h4,6-7,9,11,14H,2-3,5,8,10H2,1H3/t11-,14-/m1/s1. The fourth-order valence-electron chi connectivity index (χ4n) is 3.53. The second kappa shape index (κ2) is 6.74. The molecule has 0 spiro atoms. The Morgan fingerprint density at radius 1 is 1.16 bits per heavy atom. The molecule has 0 bridgehead atoms. The first-order valence-electron chi connectivity index (χ1n) is 8.38. The molecule has 1 saturated carbocycles. The zero-order valence-corrected chi connectivity index (χ0v) is 13.9. The second-order valence-corrected chi connectivity index (χ2v) is 6.61. The molecule has 1 aliphatic heterocycles. The van der Waals surface area contributed by atoms with Crippen LogP contribution in [0.25, 0.3) is 0 Å². The summed E-state index contributed by atoms with van der Waals surface area (Å²) in [5, 5.41) is 0. The number of nitrogens with zero attached hydrogens (tertiary/aromatic N) is 2. The normalized spacial score (nSPS) is 24.2. The Bertz CT molecular complexity index is 748. The topological polar surface area (TPSA) is 74.8 Å². The summed E-state index contributed by atoms with van der Waals surface area (Å²) >= 11 is 0. The van der Waals surface area contributed by atoms with E-state index in [2.05, 4.69) is 0 Å². The van der Waals surface area contributed by atoms with Crippen molar-refractivity contribution in [3.05, 3.63) is 35.6 Å². The van der Waals surface area contributed by atoms with Crippen molar-refractivity contribution >= 4 is 23.6 Å². The minimum Gasteiger partial charge on any atom is -0.292 e. The van der Waals surface area contributed by atoms with Gasteiger partial charge in [0, 0.05) is 11.6 Å². The van der Waals surface area contributed by atoms with Gasteiger partial charge in [-0.15, -0.1) is 0 Å². The molecule has 0 unspecified atom stereocenters. The molecule has 2 atom stereocenters. The van der Waals surface area contributed by atoms with Crippen LogP contribution in [0.5, 0.6) is 0 Å². The SMILES string of the molecule is C[C@@H]1CCCC[C@H]1N1C(=O)C(=O)N(CC(=O)c2cccc(F)c2)C1=O. The van der Waals surface area contributed by atoms with Crippen LogP contribution < -0.4 is 0 Å². The van der Waals surface area contributed by atoms with E-state index in [9.17, 15) is 23.6 Å². The first-order chi connectivity index (χ1) is 11.9. The van der Waals surface area contributed by atoms with Crippen LogP contribution in [0.1, 0.15) is 43.0 Å². The monoisotopic (exact) mass is 346 g/mol. The van der Waals surface area contributed by atoms with E-state index in [1.54, 1.807) is 0 Å². The van der Waals surface area contributed by atoms with Gasteiger partial charge >= 0.3 is 17.8 Å².